The summed E-state index contributed by atoms with van der Waals surface area (Å²) >= 11 is 0. The minimum absolute atomic E-state index is 0.235. The van der Waals surface area contributed by atoms with Crippen LogP contribution >= 0.6 is 0 Å². The van der Waals surface area contributed by atoms with Gasteiger partial charge in [-0.3, -0.25) is 0 Å². The Morgan fingerprint density at radius 2 is 2.20 bits per heavy atom. The zero-order valence-electron chi connectivity index (χ0n) is 8.66. The third kappa shape index (κ3) is 1.98. The quantitative estimate of drug-likeness (QED) is 0.591. The van der Waals surface area contributed by atoms with Crippen LogP contribution < -0.4 is 0 Å². The van der Waals surface area contributed by atoms with E-state index >= 15 is 0 Å². The summed E-state index contributed by atoms with van der Waals surface area (Å²) in [5.41, 5.74) is 1.80. The maximum absolute atomic E-state index is 13.0. The highest BCUT2D eigenvalue weighted by atomic mass is 19.1. The fourth-order valence-electron chi connectivity index (χ4n) is 1.40. The molecule has 0 unspecified atom stereocenters. The molecule has 1 aromatic carbocycles. The monoisotopic (exact) mass is 205 g/mol. The summed E-state index contributed by atoms with van der Waals surface area (Å²) < 4.78 is 13.0. The Morgan fingerprint density at radius 3 is 2.93 bits per heavy atom. The molecule has 0 aliphatic carbocycles. The van der Waals surface area contributed by atoms with Gasteiger partial charge in [0.25, 0.3) is 0 Å². The van der Waals surface area contributed by atoms with Gasteiger partial charge in [0, 0.05) is 36.8 Å². The largest absolute Gasteiger partial charge is 0.361 e. The first-order chi connectivity index (χ1) is 7.16. The maximum Gasteiger partial charge on any atom is 0.123 e. The van der Waals surface area contributed by atoms with Crippen LogP contribution in [0.15, 0.2) is 29.5 Å². The molecule has 0 spiro atoms. The molecule has 15 heavy (non-hydrogen) atoms. The summed E-state index contributed by atoms with van der Waals surface area (Å²) in [7, 11) is 3.68. The number of rotatable bonds is 2. The van der Waals surface area contributed by atoms with Gasteiger partial charge in [-0.05, 0) is 18.2 Å². The van der Waals surface area contributed by atoms with Gasteiger partial charge >= 0.3 is 0 Å². The molecule has 0 aliphatic rings. The fraction of sp³-hybridized carbons (Fsp3) is 0.182. The SMILES string of the molecule is CN(C)/N=C\c1c[nH]c2ccc(F)cc12. The van der Waals surface area contributed by atoms with Gasteiger partial charge < -0.3 is 9.99 Å². The number of benzene rings is 1. The van der Waals surface area contributed by atoms with Crippen molar-refractivity contribution in [1.29, 1.82) is 0 Å². The van der Waals surface area contributed by atoms with Crippen molar-refractivity contribution in [2.75, 3.05) is 14.1 Å². The number of nitrogens with one attached hydrogen (secondary N) is 1. The molecular weight excluding hydrogens is 193 g/mol. The van der Waals surface area contributed by atoms with E-state index in [-0.39, 0.29) is 5.82 Å². The van der Waals surface area contributed by atoms with E-state index in [0.29, 0.717) is 0 Å². The molecule has 0 bridgehead atoms. The third-order valence-electron chi connectivity index (χ3n) is 2.10. The molecule has 2 rings (SSSR count). The predicted molar refractivity (Wildman–Crippen MR) is 59.5 cm³/mol. The second kappa shape index (κ2) is 3.73. The Kier molecular flexibility index (Phi) is 2.41. The predicted octanol–water partition coefficient (Wildman–Crippen LogP) is 2.20. The van der Waals surface area contributed by atoms with Crippen molar-refractivity contribution in [2.45, 2.75) is 0 Å². The van der Waals surface area contributed by atoms with Crippen LogP contribution in [0.1, 0.15) is 5.56 Å². The summed E-state index contributed by atoms with van der Waals surface area (Å²) in [5.74, 6) is -0.235. The number of hydrogen-bond acceptors (Lipinski definition) is 2. The molecule has 1 N–H and O–H groups in total. The number of aromatic nitrogens is 1. The van der Waals surface area contributed by atoms with Crippen LogP contribution in [-0.4, -0.2) is 30.3 Å². The van der Waals surface area contributed by atoms with Crippen LogP contribution in [0.2, 0.25) is 0 Å². The fourth-order valence-corrected chi connectivity index (χ4v) is 1.40. The average Bonchev–Trinajstić information content (AvgIpc) is 2.57. The van der Waals surface area contributed by atoms with Gasteiger partial charge in [0.2, 0.25) is 0 Å². The van der Waals surface area contributed by atoms with Crippen molar-refractivity contribution < 1.29 is 4.39 Å². The summed E-state index contributed by atoms with van der Waals surface area (Å²) in [4.78, 5) is 3.06. The van der Waals surface area contributed by atoms with Crippen molar-refractivity contribution in [2.24, 2.45) is 5.10 Å². The van der Waals surface area contributed by atoms with Gasteiger partial charge in [-0.25, -0.2) is 4.39 Å². The average molecular weight is 205 g/mol. The molecule has 0 fully saturated rings. The first kappa shape index (κ1) is 9.71. The first-order valence-corrected chi connectivity index (χ1v) is 4.65. The van der Waals surface area contributed by atoms with Crippen molar-refractivity contribution in [3.8, 4) is 0 Å². The lowest BCUT2D eigenvalue weighted by Crippen LogP contribution is -2.01. The summed E-state index contributed by atoms with van der Waals surface area (Å²) in [6, 6.07) is 4.66. The number of H-pyrrole nitrogens is 1. The Hall–Kier alpha value is -1.84. The highest BCUT2D eigenvalue weighted by Gasteiger charge is 2.02. The minimum Gasteiger partial charge on any atom is -0.361 e. The van der Waals surface area contributed by atoms with E-state index in [1.54, 1.807) is 17.3 Å². The van der Waals surface area contributed by atoms with Gasteiger partial charge in [0.1, 0.15) is 5.82 Å². The van der Waals surface area contributed by atoms with Gasteiger partial charge in [-0.2, -0.15) is 5.10 Å². The molecule has 2 aromatic rings. The van der Waals surface area contributed by atoms with E-state index in [2.05, 4.69) is 10.1 Å². The lowest BCUT2D eigenvalue weighted by atomic mass is 10.2. The Bertz CT molecular complexity index is 500. The standard InChI is InChI=1S/C11H12FN3/c1-15(2)14-7-8-6-13-11-4-3-9(12)5-10(8)11/h3-7,13H,1-2H3/b14-7-. The van der Waals surface area contributed by atoms with Crippen LogP contribution in [0.25, 0.3) is 10.9 Å². The van der Waals surface area contributed by atoms with E-state index in [1.807, 2.05) is 20.3 Å². The zero-order chi connectivity index (χ0) is 10.8. The van der Waals surface area contributed by atoms with E-state index in [1.165, 1.54) is 12.1 Å². The van der Waals surface area contributed by atoms with Gasteiger partial charge in [-0.1, -0.05) is 0 Å². The molecule has 0 saturated carbocycles. The number of nitrogens with zero attached hydrogens (tertiary/aromatic N) is 2. The second-order valence-corrected chi connectivity index (χ2v) is 3.53. The van der Waals surface area contributed by atoms with Gasteiger partial charge in [0.15, 0.2) is 0 Å². The molecular formula is C11H12FN3. The highest BCUT2D eigenvalue weighted by molar-refractivity contribution is 5.98. The molecule has 3 nitrogen and oxygen atoms in total. The lowest BCUT2D eigenvalue weighted by molar-refractivity contribution is 0.440. The Balaban J connectivity index is 2.48. The molecule has 0 radical (unpaired) electrons. The first-order valence-electron chi connectivity index (χ1n) is 4.65. The van der Waals surface area contributed by atoms with Crippen molar-refractivity contribution >= 4 is 17.1 Å². The van der Waals surface area contributed by atoms with E-state index < -0.39 is 0 Å². The van der Waals surface area contributed by atoms with Crippen molar-refractivity contribution in [3.63, 3.8) is 0 Å². The maximum atomic E-state index is 13.0. The van der Waals surface area contributed by atoms with Crippen LogP contribution in [0.3, 0.4) is 0 Å². The molecule has 4 heteroatoms. The molecule has 0 atom stereocenters. The van der Waals surface area contributed by atoms with Crippen molar-refractivity contribution in [1.82, 2.24) is 9.99 Å². The highest BCUT2D eigenvalue weighted by Crippen LogP contribution is 2.17. The number of hydrogen-bond donors (Lipinski definition) is 1. The number of hydrazone groups is 1. The van der Waals surface area contributed by atoms with Gasteiger partial charge in [0.05, 0.1) is 6.21 Å². The molecule has 0 amide bonds. The van der Waals surface area contributed by atoms with Crippen LogP contribution in [0.5, 0.6) is 0 Å². The van der Waals surface area contributed by atoms with E-state index in [0.717, 1.165) is 16.5 Å². The number of halogens is 1. The Morgan fingerprint density at radius 1 is 1.40 bits per heavy atom. The smallest absolute Gasteiger partial charge is 0.123 e. The molecule has 78 valence electrons. The summed E-state index contributed by atoms with van der Waals surface area (Å²) in [6.45, 7) is 0. The number of fused-ring (bicyclic) bond motifs is 1. The number of aromatic amines is 1. The molecule has 0 saturated heterocycles. The molecule has 1 aromatic heterocycles. The van der Waals surface area contributed by atoms with E-state index in [4.69, 9.17) is 0 Å². The van der Waals surface area contributed by atoms with Gasteiger partial charge in [-0.15, -0.1) is 0 Å². The van der Waals surface area contributed by atoms with E-state index in [9.17, 15) is 4.39 Å². The summed E-state index contributed by atoms with van der Waals surface area (Å²) in [6.07, 6.45) is 3.52. The molecule has 0 aliphatic heterocycles. The normalized spacial score (nSPS) is 11.4. The van der Waals surface area contributed by atoms with Crippen molar-refractivity contribution in [3.05, 3.63) is 35.8 Å². The van der Waals surface area contributed by atoms with Crippen LogP contribution in [0, 0.1) is 5.82 Å². The third-order valence-corrected chi connectivity index (χ3v) is 2.10. The van der Waals surface area contributed by atoms with Crippen LogP contribution in [0.4, 0.5) is 4.39 Å². The Labute approximate surface area is 87.2 Å². The minimum atomic E-state index is -0.235. The zero-order valence-corrected chi connectivity index (χ0v) is 8.66. The lowest BCUT2D eigenvalue weighted by Gasteiger charge is -2.01. The molecule has 1 heterocycles. The second-order valence-electron chi connectivity index (χ2n) is 3.53. The topological polar surface area (TPSA) is 31.4 Å². The van der Waals surface area contributed by atoms with Crippen LogP contribution in [-0.2, 0) is 0 Å². The summed E-state index contributed by atoms with van der Waals surface area (Å²) in [5, 5.41) is 6.65.